The van der Waals surface area contributed by atoms with Crippen LogP contribution in [0.4, 0.5) is 0 Å². The molecule has 1 aromatic heterocycles. The number of aromatic nitrogens is 1. The molecule has 0 saturated heterocycles. The van der Waals surface area contributed by atoms with Gasteiger partial charge < -0.3 is 10.3 Å². The van der Waals surface area contributed by atoms with Gasteiger partial charge in [-0.15, -0.1) is 0 Å². The molecule has 0 aliphatic heterocycles. The second-order valence-corrected chi connectivity index (χ2v) is 8.45. The maximum Gasteiger partial charge on any atom is 0.268 e. The Balaban J connectivity index is 1.59. The van der Waals surface area contributed by atoms with Gasteiger partial charge in [-0.1, -0.05) is 65.8 Å². The van der Waals surface area contributed by atoms with Crippen LogP contribution in [0.1, 0.15) is 21.6 Å². The number of benzene rings is 3. The van der Waals surface area contributed by atoms with Gasteiger partial charge in [0.05, 0.1) is 4.90 Å². The minimum Gasteiger partial charge on any atom is -0.350 e. The van der Waals surface area contributed by atoms with E-state index in [9.17, 15) is 4.79 Å². The molecule has 2 N–H and O–H groups in total. The van der Waals surface area contributed by atoms with Crippen molar-refractivity contribution >= 4 is 40.2 Å². The summed E-state index contributed by atoms with van der Waals surface area (Å²) in [5.41, 5.74) is 3.92. The molecular formula is C24H21ClN2OS. The first-order chi connectivity index (χ1) is 14.1. The fraction of sp³-hybridized carbons (Fsp3) is 0.125. The summed E-state index contributed by atoms with van der Waals surface area (Å²) in [6, 6.07) is 24.0. The lowest BCUT2D eigenvalue weighted by molar-refractivity contribution is 0.0947. The van der Waals surface area contributed by atoms with E-state index in [-0.39, 0.29) is 5.91 Å². The van der Waals surface area contributed by atoms with E-state index >= 15 is 0 Å². The molecule has 5 heteroatoms. The monoisotopic (exact) mass is 420 g/mol. The van der Waals surface area contributed by atoms with E-state index in [1.54, 1.807) is 11.8 Å². The van der Waals surface area contributed by atoms with Crippen molar-refractivity contribution in [3.63, 3.8) is 0 Å². The summed E-state index contributed by atoms with van der Waals surface area (Å²) in [5.74, 6) is -0.0914. The first-order valence-corrected chi connectivity index (χ1v) is 10.7. The van der Waals surface area contributed by atoms with Gasteiger partial charge in [0, 0.05) is 27.4 Å². The van der Waals surface area contributed by atoms with Gasteiger partial charge in [0.1, 0.15) is 5.69 Å². The second kappa shape index (κ2) is 8.76. The highest BCUT2D eigenvalue weighted by molar-refractivity contribution is 7.99. The van der Waals surface area contributed by atoms with Crippen LogP contribution in [0.3, 0.4) is 0 Å². The fourth-order valence-corrected chi connectivity index (χ4v) is 4.39. The predicted octanol–water partition coefficient (Wildman–Crippen LogP) is 6.25. The fourth-order valence-electron chi connectivity index (χ4n) is 3.23. The number of carbonyl (C=O) groups is 1. The zero-order valence-corrected chi connectivity index (χ0v) is 17.6. The molecule has 0 aliphatic rings. The summed E-state index contributed by atoms with van der Waals surface area (Å²) in [6.07, 6.45) is 0.797. The molecular weight excluding hydrogens is 400 g/mol. The topological polar surface area (TPSA) is 44.9 Å². The number of hydrogen-bond acceptors (Lipinski definition) is 2. The Hall–Kier alpha value is -2.69. The molecule has 0 bridgehead atoms. The molecule has 29 heavy (non-hydrogen) atoms. The Labute approximate surface area is 179 Å². The number of carbonyl (C=O) groups excluding carboxylic acids is 1. The second-order valence-electron chi connectivity index (χ2n) is 6.93. The molecule has 1 heterocycles. The highest BCUT2D eigenvalue weighted by atomic mass is 35.5. The van der Waals surface area contributed by atoms with Crippen molar-refractivity contribution in [1.82, 2.24) is 10.3 Å². The van der Waals surface area contributed by atoms with Crippen LogP contribution < -0.4 is 5.32 Å². The summed E-state index contributed by atoms with van der Waals surface area (Å²) in [7, 11) is 0. The molecule has 0 radical (unpaired) electrons. The van der Waals surface area contributed by atoms with Crippen LogP contribution in [-0.2, 0) is 6.42 Å². The van der Waals surface area contributed by atoms with Gasteiger partial charge in [-0.25, -0.2) is 0 Å². The third kappa shape index (κ3) is 4.66. The third-order valence-electron chi connectivity index (χ3n) is 4.71. The van der Waals surface area contributed by atoms with Crippen LogP contribution >= 0.6 is 23.4 Å². The van der Waals surface area contributed by atoms with E-state index in [4.69, 9.17) is 11.6 Å². The zero-order valence-electron chi connectivity index (χ0n) is 16.0. The summed E-state index contributed by atoms with van der Waals surface area (Å²) < 4.78 is 0. The van der Waals surface area contributed by atoms with Gasteiger partial charge in [0.15, 0.2) is 0 Å². The highest BCUT2D eigenvalue weighted by Crippen LogP contribution is 2.37. The van der Waals surface area contributed by atoms with Crippen molar-refractivity contribution in [2.24, 2.45) is 0 Å². The van der Waals surface area contributed by atoms with Crippen molar-refractivity contribution < 1.29 is 4.79 Å². The average molecular weight is 421 g/mol. The van der Waals surface area contributed by atoms with Crippen LogP contribution in [0.5, 0.6) is 0 Å². The van der Waals surface area contributed by atoms with Gasteiger partial charge in [-0.3, -0.25) is 4.79 Å². The predicted molar refractivity (Wildman–Crippen MR) is 121 cm³/mol. The molecule has 0 atom stereocenters. The van der Waals surface area contributed by atoms with E-state index < -0.39 is 0 Å². The van der Waals surface area contributed by atoms with Gasteiger partial charge in [-0.2, -0.15) is 0 Å². The summed E-state index contributed by atoms with van der Waals surface area (Å²) in [4.78, 5) is 18.3. The molecule has 3 nitrogen and oxygen atoms in total. The SMILES string of the molecule is Cc1ccc2c(Sc3ccc(Cl)cc3)c(C(=O)NCCc3ccccc3)[nH]c2c1. The summed E-state index contributed by atoms with van der Waals surface area (Å²) in [5, 5.41) is 4.80. The third-order valence-corrected chi connectivity index (χ3v) is 6.10. The van der Waals surface area contributed by atoms with Crippen molar-refractivity contribution in [2.75, 3.05) is 6.54 Å². The van der Waals surface area contributed by atoms with Crippen molar-refractivity contribution in [1.29, 1.82) is 0 Å². The number of hydrogen-bond donors (Lipinski definition) is 2. The van der Waals surface area contributed by atoms with Crippen LogP contribution in [0.25, 0.3) is 10.9 Å². The van der Waals surface area contributed by atoms with E-state index in [2.05, 4.69) is 40.6 Å². The molecule has 0 aliphatic carbocycles. The van der Waals surface area contributed by atoms with E-state index in [1.165, 1.54) is 5.56 Å². The zero-order chi connectivity index (χ0) is 20.2. The maximum atomic E-state index is 13.0. The lowest BCUT2D eigenvalue weighted by atomic mass is 10.1. The molecule has 4 aromatic rings. The van der Waals surface area contributed by atoms with Crippen molar-refractivity contribution in [2.45, 2.75) is 23.1 Å². The number of amides is 1. The molecule has 146 valence electrons. The van der Waals surface area contributed by atoms with Gasteiger partial charge >= 0.3 is 0 Å². The van der Waals surface area contributed by atoms with Crippen molar-refractivity contribution in [3.05, 3.63) is 94.6 Å². The van der Waals surface area contributed by atoms with Crippen LogP contribution in [0, 0.1) is 6.92 Å². The number of fused-ring (bicyclic) bond motifs is 1. The molecule has 0 fully saturated rings. The number of halogens is 1. The minimum absolute atomic E-state index is 0.0914. The minimum atomic E-state index is -0.0914. The largest absolute Gasteiger partial charge is 0.350 e. The average Bonchev–Trinajstić information content (AvgIpc) is 3.08. The Morgan fingerprint density at radius 1 is 1.03 bits per heavy atom. The van der Waals surface area contributed by atoms with Gasteiger partial charge in [0.2, 0.25) is 0 Å². The maximum absolute atomic E-state index is 13.0. The lowest BCUT2D eigenvalue weighted by Gasteiger charge is -2.07. The molecule has 0 saturated carbocycles. The standard InChI is InChI=1S/C24H21ClN2OS/c1-16-7-12-20-21(15-16)27-22(23(20)29-19-10-8-18(25)9-11-19)24(28)26-14-13-17-5-3-2-4-6-17/h2-12,15,27H,13-14H2,1H3,(H,26,28). The van der Waals surface area contributed by atoms with Crippen LogP contribution in [0.2, 0.25) is 5.02 Å². The normalized spacial score (nSPS) is 11.0. The smallest absolute Gasteiger partial charge is 0.268 e. The quantitative estimate of drug-likeness (QED) is 0.387. The Bertz CT molecular complexity index is 1140. The van der Waals surface area contributed by atoms with E-state index in [1.807, 2.05) is 49.4 Å². The summed E-state index contributed by atoms with van der Waals surface area (Å²) in [6.45, 7) is 2.63. The molecule has 1 amide bonds. The van der Waals surface area contributed by atoms with Crippen LogP contribution in [0.15, 0.2) is 82.6 Å². The Kier molecular flexibility index (Phi) is 5.93. The van der Waals surface area contributed by atoms with E-state index in [0.717, 1.165) is 32.7 Å². The van der Waals surface area contributed by atoms with Gasteiger partial charge in [-0.05, 0) is 54.8 Å². The summed E-state index contributed by atoms with van der Waals surface area (Å²) >= 11 is 7.59. The number of aromatic amines is 1. The highest BCUT2D eigenvalue weighted by Gasteiger charge is 2.19. The van der Waals surface area contributed by atoms with Crippen LogP contribution in [-0.4, -0.2) is 17.4 Å². The Morgan fingerprint density at radius 3 is 2.55 bits per heavy atom. The molecule has 3 aromatic carbocycles. The van der Waals surface area contributed by atoms with E-state index in [0.29, 0.717) is 17.3 Å². The molecule has 4 rings (SSSR count). The lowest BCUT2D eigenvalue weighted by Crippen LogP contribution is -2.26. The van der Waals surface area contributed by atoms with Gasteiger partial charge in [0.25, 0.3) is 5.91 Å². The number of rotatable bonds is 6. The first kappa shape index (κ1) is 19.6. The number of aryl methyl sites for hydroxylation is 1. The number of H-pyrrole nitrogens is 1. The molecule has 0 spiro atoms. The van der Waals surface area contributed by atoms with Crippen molar-refractivity contribution in [3.8, 4) is 0 Å². The first-order valence-electron chi connectivity index (χ1n) is 9.48. The number of nitrogens with one attached hydrogen (secondary N) is 2. The Morgan fingerprint density at radius 2 is 1.79 bits per heavy atom. The molecule has 0 unspecified atom stereocenters.